The zero-order valence-electron chi connectivity index (χ0n) is 17.0. The summed E-state index contributed by atoms with van der Waals surface area (Å²) in [6, 6.07) is 8.88. The predicted molar refractivity (Wildman–Crippen MR) is 113 cm³/mol. The van der Waals surface area contributed by atoms with E-state index in [0.717, 1.165) is 11.0 Å². The molecule has 31 heavy (non-hydrogen) atoms. The monoisotopic (exact) mass is 421 g/mol. The molecule has 0 unspecified atom stereocenters. The maximum Gasteiger partial charge on any atom is 0.254 e. The lowest BCUT2D eigenvalue weighted by molar-refractivity contribution is -0.136. The first-order valence-electron chi connectivity index (χ1n) is 9.86. The van der Waals surface area contributed by atoms with Crippen molar-refractivity contribution in [3.05, 3.63) is 60.9 Å². The number of nitrogens with zero attached hydrogens (tertiary/aromatic N) is 5. The molecule has 1 aliphatic heterocycles. The maximum atomic E-state index is 12.9. The molecule has 0 radical (unpaired) electrons. The number of carbonyl (C=O) groups is 4. The van der Waals surface area contributed by atoms with Crippen LogP contribution in [0.4, 0.5) is 0 Å². The van der Waals surface area contributed by atoms with Gasteiger partial charge in [0.1, 0.15) is 0 Å². The summed E-state index contributed by atoms with van der Waals surface area (Å²) >= 11 is 0. The van der Waals surface area contributed by atoms with Crippen LogP contribution in [-0.4, -0.2) is 81.5 Å². The average Bonchev–Trinajstić information content (AvgIpc) is 2.84. The van der Waals surface area contributed by atoms with Crippen LogP contribution in [-0.2, 0) is 14.4 Å². The van der Waals surface area contributed by atoms with E-state index in [4.69, 9.17) is 0 Å². The third kappa shape index (κ3) is 5.39. The van der Waals surface area contributed by atoms with Gasteiger partial charge < -0.3 is 9.80 Å². The zero-order valence-corrected chi connectivity index (χ0v) is 17.0. The fourth-order valence-corrected chi connectivity index (χ4v) is 3.27. The Labute approximate surface area is 180 Å². The Bertz CT molecular complexity index is 971. The summed E-state index contributed by atoms with van der Waals surface area (Å²) in [5, 5.41) is 0. The Hall–Kier alpha value is -3.88. The Morgan fingerprint density at radius 3 is 2.35 bits per heavy atom. The van der Waals surface area contributed by atoms with Crippen LogP contribution >= 0.6 is 0 Å². The van der Waals surface area contributed by atoms with Gasteiger partial charge in [-0.3, -0.25) is 34.0 Å². The first-order chi connectivity index (χ1) is 15.0. The lowest BCUT2D eigenvalue weighted by Crippen LogP contribution is -2.51. The highest BCUT2D eigenvalue weighted by Crippen LogP contribution is 2.17. The molecule has 0 aromatic carbocycles. The molecule has 0 aliphatic carbocycles. The Morgan fingerprint density at radius 2 is 1.71 bits per heavy atom. The number of hydrogen-bond acceptors (Lipinski definition) is 6. The summed E-state index contributed by atoms with van der Waals surface area (Å²) in [6.45, 7) is 4.90. The van der Waals surface area contributed by atoms with Gasteiger partial charge in [-0.15, -0.1) is 0 Å². The van der Waals surface area contributed by atoms with Crippen LogP contribution in [0.3, 0.4) is 0 Å². The molecule has 0 spiro atoms. The van der Waals surface area contributed by atoms with E-state index >= 15 is 0 Å². The van der Waals surface area contributed by atoms with Gasteiger partial charge in [-0.2, -0.15) is 0 Å². The molecule has 0 atom stereocenters. The summed E-state index contributed by atoms with van der Waals surface area (Å²) in [7, 11) is 0. The van der Waals surface area contributed by atoms with Crippen molar-refractivity contribution in [2.45, 2.75) is 6.42 Å². The van der Waals surface area contributed by atoms with Gasteiger partial charge in [0.25, 0.3) is 11.8 Å². The van der Waals surface area contributed by atoms with Crippen molar-refractivity contribution < 1.29 is 19.2 Å². The molecular weight excluding hydrogens is 398 g/mol. The highest BCUT2D eigenvalue weighted by atomic mass is 16.2. The summed E-state index contributed by atoms with van der Waals surface area (Å²) in [5.41, 5.74) is 1.82. The Morgan fingerprint density at radius 1 is 1.00 bits per heavy atom. The number of pyridine rings is 2. The fourth-order valence-electron chi connectivity index (χ4n) is 3.27. The SMILES string of the molecule is C=CC(=O)N(C=O)CCC(=O)N1CCN(C(=O)c2ccnc(-c3ccccn3)c2)CC1. The topological polar surface area (TPSA) is 104 Å². The Kier molecular flexibility index (Phi) is 7.21. The van der Waals surface area contributed by atoms with Gasteiger partial charge in [-0.1, -0.05) is 12.6 Å². The molecule has 0 saturated carbocycles. The molecule has 1 aliphatic rings. The molecule has 160 valence electrons. The third-order valence-corrected chi connectivity index (χ3v) is 5.01. The number of rotatable bonds is 7. The second kappa shape index (κ2) is 10.2. The van der Waals surface area contributed by atoms with E-state index in [2.05, 4.69) is 16.5 Å². The number of piperazine rings is 1. The number of imide groups is 1. The van der Waals surface area contributed by atoms with Crippen molar-refractivity contribution in [2.24, 2.45) is 0 Å². The summed E-state index contributed by atoms with van der Waals surface area (Å²) in [6.07, 6.45) is 4.71. The van der Waals surface area contributed by atoms with Gasteiger partial charge in [0.2, 0.25) is 12.3 Å². The highest BCUT2D eigenvalue weighted by molar-refractivity contribution is 5.95. The van der Waals surface area contributed by atoms with E-state index in [0.29, 0.717) is 49.5 Å². The van der Waals surface area contributed by atoms with Crippen LogP contribution in [0.1, 0.15) is 16.8 Å². The molecule has 9 nitrogen and oxygen atoms in total. The van der Waals surface area contributed by atoms with Gasteiger partial charge in [0.15, 0.2) is 0 Å². The van der Waals surface area contributed by atoms with Crippen LogP contribution in [0.15, 0.2) is 55.4 Å². The third-order valence-electron chi connectivity index (χ3n) is 5.01. The van der Waals surface area contributed by atoms with Crippen molar-refractivity contribution in [3.8, 4) is 11.4 Å². The molecule has 1 saturated heterocycles. The van der Waals surface area contributed by atoms with Crippen LogP contribution in [0.25, 0.3) is 11.4 Å². The second-order valence-electron chi connectivity index (χ2n) is 6.91. The Balaban J connectivity index is 1.55. The van der Waals surface area contributed by atoms with Crippen LogP contribution < -0.4 is 0 Å². The van der Waals surface area contributed by atoms with E-state index in [1.54, 1.807) is 34.3 Å². The van der Waals surface area contributed by atoms with Gasteiger partial charge in [0, 0.05) is 57.1 Å². The zero-order chi connectivity index (χ0) is 22.2. The van der Waals surface area contributed by atoms with Gasteiger partial charge in [-0.05, 0) is 30.3 Å². The van der Waals surface area contributed by atoms with E-state index in [9.17, 15) is 19.2 Å². The standard InChI is InChI=1S/C22H23N5O4/c1-2-20(29)27(16-28)10-7-21(30)25-11-13-26(14-12-25)22(31)17-6-9-24-19(15-17)18-5-3-4-8-23-18/h2-6,8-9,15-16H,1,7,10-14H2. The molecule has 2 aromatic rings. The number of amides is 4. The van der Waals surface area contributed by atoms with E-state index in [1.165, 1.54) is 0 Å². The predicted octanol–water partition coefficient (Wildman–Crippen LogP) is 0.989. The lowest BCUT2D eigenvalue weighted by Gasteiger charge is -2.35. The molecule has 3 rings (SSSR count). The van der Waals surface area contributed by atoms with Crippen LogP contribution in [0.2, 0.25) is 0 Å². The largest absolute Gasteiger partial charge is 0.339 e. The highest BCUT2D eigenvalue weighted by Gasteiger charge is 2.25. The quantitative estimate of drug-likeness (QED) is 0.488. The minimum atomic E-state index is -0.541. The van der Waals surface area contributed by atoms with Crippen molar-refractivity contribution in [2.75, 3.05) is 32.7 Å². The smallest absolute Gasteiger partial charge is 0.254 e. The summed E-state index contributed by atoms with van der Waals surface area (Å²) < 4.78 is 0. The minimum absolute atomic E-state index is 0.000352. The van der Waals surface area contributed by atoms with E-state index < -0.39 is 5.91 Å². The van der Waals surface area contributed by atoms with Gasteiger partial charge in [-0.25, -0.2) is 0 Å². The first-order valence-corrected chi connectivity index (χ1v) is 9.86. The van der Waals surface area contributed by atoms with Crippen LogP contribution in [0, 0.1) is 0 Å². The second-order valence-corrected chi connectivity index (χ2v) is 6.91. The first kappa shape index (κ1) is 21.8. The van der Waals surface area contributed by atoms with E-state index in [-0.39, 0.29) is 24.8 Å². The summed E-state index contributed by atoms with van der Waals surface area (Å²) in [4.78, 5) is 60.5. The molecule has 4 amide bonds. The van der Waals surface area contributed by atoms with Crippen molar-refractivity contribution in [3.63, 3.8) is 0 Å². The minimum Gasteiger partial charge on any atom is -0.339 e. The average molecular weight is 421 g/mol. The fraction of sp³-hybridized carbons (Fsp3) is 0.273. The van der Waals surface area contributed by atoms with Crippen molar-refractivity contribution >= 4 is 24.1 Å². The molecule has 2 aromatic heterocycles. The van der Waals surface area contributed by atoms with E-state index in [1.807, 2.05) is 18.2 Å². The van der Waals surface area contributed by atoms with Crippen molar-refractivity contribution in [1.29, 1.82) is 0 Å². The van der Waals surface area contributed by atoms with Crippen LogP contribution in [0.5, 0.6) is 0 Å². The molecule has 0 bridgehead atoms. The normalized spacial score (nSPS) is 13.4. The molecule has 0 N–H and O–H groups in total. The van der Waals surface area contributed by atoms with Gasteiger partial charge >= 0.3 is 0 Å². The maximum absolute atomic E-state index is 12.9. The molecular formula is C22H23N5O4. The number of carbonyl (C=O) groups excluding carboxylic acids is 4. The lowest BCUT2D eigenvalue weighted by atomic mass is 10.1. The number of aromatic nitrogens is 2. The molecule has 9 heteroatoms. The summed E-state index contributed by atoms with van der Waals surface area (Å²) in [5.74, 6) is -0.840. The molecule has 1 fully saturated rings. The molecule has 3 heterocycles. The van der Waals surface area contributed by atoms with Crippen molar-refractivity contribution in [1.82, 2.24) is 24.7 Å². The number of hydrogen-bond donors (Lipinski definition) is 0. The van der Waals surface area contributed by atoms with Gasteiger partial charge in [0.05, 0.1) is 11.4 Å².